The van der Waals surface area contributed by atoms with Gasteiger partial charge in [-0.05, 0) is 58.2 Å². The maximum absolute atomic E-state index is 4.27. The van der Waals surface area contributed by atoms with Crippen molar-refractivity contribution in [2.75, 3.05) is 5.32 Å². The van der Waals surface area contributed by atoms with Crippen LogP contribution in [0.5, 0.6) is 0 Å². The number of hydrogen-bond donors (Lipinski definition) is 1. The number of anilines is 1. The van der Waals surface area contributed by atoms with Gasteiger partial charge < -0.3 is 5.32 Å². The highest BCUT2D eigenvalue weighted by atomic mass is 79.9. The summed E-state index contributed by atoms with van der Waals surface area (Å²) in [6, 6.07) is 4.60. The number of aromatic nitrogens is 1. The van der Waals surface area contributed by atoms with E-state index in [-0.39, 0.29) is 0 Å². The van der Waals surface area contributed by atoms with Crippen LogP contribution in [-0.2, 0) is 0 Å². The van der Waals surface area contributed by atoms with Crippen LogP contribution in [0.3, 0.4) is 0 Å². The lowest BCUT2D eigenvalue weighted by atomic mass is 9.63. The molecule has 0 atom stereocenters. The van der Waals surface area contributed by atoms with Gasteiger partial charge in [-0.2, -0.15) is 0 Å². The van der Waals surface area contributed by atoms with Crippen molar-refractivity contribution in [3.05, 3.63) is 22.9 Å². The van der Waals surface area contributed by atoms with E-state index in [4.69, 9.17) is 0 Å². The topological polar surface area (TPSA) is 24.9 Å². The lowest BCUT2D eigenvalue weighted by molar-refractivity contribution is 0.105. The van der Waals surface area contributed by atoms with Gasteiger partial charge >= 0.3 is 0 Å². The minimum atomic E-state index is 0.411. The first-order chi connectivity index (χ1) is 8.27. The summed E-state index contributed by atoms with van der Waals surface area (Å²) in [5.74, 6) is 0. The van der Waals surface area contributed by atoms with Crippen LogP contribution in [0.1, 0.15) is 47.0 Å². The van der Waals surface area contributed by atoms with Crippen molar-refractivity contribution in [2.24, 2.45) is 10.8 Å². The third-order valence-corrected chi connectivity index (χ3v) is 4.31. The standard InChI is InChI=1S/C15H23BrN2/c1-14(2)8-11(9-15(3,4)10-14)18-12-6-5-7-17-13(12)16/h5-7,11,18H,8-10H2,1-4H3. The monoisotopic (exact) mass is 310 g/mol. The summed E-state index contributed by atoms with van der Waals surface area (Å²) in [4.78, 5) is 4.27. The van der Waals surface area contributed by atoms with Gasteiger partial charge in [-0.25, -0.2) is 4.98 Å². The van der Waals surface area contributed by atoms with Crippen LogP contribution in [0.4, 0.5) is 5.69 Å². The summed E-state index contributed by atoms with van der Waals surface area (Å²) in [5.41, 5.74) is 1.93. The van der Waals surface area contributed by atoms with Gasteiger partial charge in [-0.1, -0.05) is 27.7 Å². The van der Waals surface area contributed by atoms with Gasteiger partial charge in [0.25, 0.3) is 0 Å². The van der Waals surface area contributed by atoms with Gasteiger partial charge in [0.1, 0.15) is 4.60 Å². The second-order valence-corrected chi connectivity index (χ2v) is 7.85. The molecule has 1 aromatic rings. The zero-order valence-corrected chi connectivity index (χ0v) is 13.3. The van der Waals surface area contributed by atoms with E-state index in [2.05, 4.69) is 60.0 Å². The molecular weight excluding hydrogens is 288 g/mol. The predicted molar refractivity (Wildman–Crippen MR) is 80.8 cm³/mol. The molecule has 0 saturated heterocycles. The molecule has 0 aromatic carbocycles. The maximum atomic E-state index is 4.27. The van der Waals surface area contributed by atoms with E-state index in [1.807, 2.05) is 12.3 Å². The second kappa shape index (κ2) is 4.84. The third-order valence-electron chi connectivity index (χ3n) is 3.67. The first-order valence-electron chi connectivity index (χ1n) is 6.65. The molecule has 1 aliphatic rings. The molecule has 1 N–H and O–H groups in total. The number of halogens is 1. The van der Waals surface area contributed by atoms with Crippen LogP contribution in [0.15, 0.2) is 22.9 Å². The number of hydrogen-bond acceptors (Lipinski definition) is 2. The summed E-state index contributed by atoms with van der Waals surface area (Å²) in [7, 11) is 0. The van der Waals surface area contributed by atoms with Crippen LogP contribution in [0, 0.1) is 10.8 Å². The normalized spacial score (nSPS) is 22.7. The fourth-order valence-corrected chi connectivity index (χ4v) is 4.03. The van der Waals surface area contributed by atoms with Gasteiger partial charge in [-0.15, -0.1) is 0 Å². The molecule has 0 bridgehead atoms. The largest absolute Gasteiger partial charge is 0.380 e. The molecule has 1 aromatic heterocycles. The second-order valence-electron chi connectivity index (χ2n) is 7.10. The number of rotatable bonds is 2. The Kier molecular flexibility index (Phi) is 3.72. The quantitative estimate of drug-likeness (QED) is 0.789. The van der Waals surface area contributed by atoms with Crippen LogP contribution < -0.4 is 5.32 Å². The zero-order valence-electron chi connectivity index (χ0n) is 11.8. The Balaban J connectivity index is 2.12. The predicted octanol–water partition coefficient (Wildman–Crippen LogP) is 4.86. The number of nitrogens with zero attached hydrogens (tertiary/aromatic N) is 1. The Morgan fingerprint density at radius 3 is 2.39 bits per heavy atom. The molecule has 0 unspecified atom stereocenters. The number of nitrogens with one attached hydrogen (secondary N) is 1. The Labute approximate surface area is 119 Å². The Morgan fingerprint density at radius 2 is 1.83 bits per heavy atom. The van der Waals surface area contributed by atoms with E-state index in [0.717, 1.165) is 10.3 Å². The summed E-state index contributed by atoms with van der Waals surface area (Å²) in [6.07, 6.45) is 5.55. The maximum Gasteiger partial charge on any atom is 0.129 e. The van der Waals surface area contributed by atoms with Gasteiger partial charge in [0.15, 0.2) is 0 Å². The molecule has 0 spiro atoms. The minimum absolute atomic E-state index is 0.411. The van der Waals surface area contributed by atoms with Crippen molar-refractivity contribution in [3.63, 3.8) is 0 Å². The molecule has 18 heavy (non-hydrogen) atoms. The minimum Gasteiger partial charge on any atom is -0.380 e. The van der Waals surface area contributed by atoms with Crippen molar-refractivity contribution < 1.29 is 0 Å². The lowest BCUT2D eigenvalue weighted by Gasteiger charge is -2.45. The van der Waals surface area contributed by atoms with Crippen molar-refractivity contribution in [1.29, 1.82) is 0 Å². The highest BCUT2D eigenvalue weighted by Gasteiger charge is 2.38. The van der Waals surface area contributed by atoms with Crippen LogP contribution >= 0.6 is 15.9 Å². The van der Waals surface area contributed by atoms with Gasteiger partial charge in [0.2, 0.25) is 0 Å². The first kappa shape index (κ1) is 13.9. The molecule has 0 radical (unpaired) electrons. The molecule has 1 aliphatic carbocycles. The Bertz CT molecular complexity index is 410. The molecule has 1 saturated carbocycles. The SMILES string of the molecule is CC1(C)CC(Nc2cccnc2Br)CC(C)(C)C1. The molecule has 1 fully saturated rings. The molecule has 100 valence electrons. The van der Waals surface area contributed by atoms with Gasteiger partial charge in [0.05, 0.1) is 5.69 Å². The molecule has 2 nitrogen and oxygen atoms in total. The summed E-state index contributed by atoms with van der Waals surface area (Å²) >= 11 is 3.51. The highest BCUT2D eigenvalue weighted by Crippen LogP contribution is 2.46. The van der Waals surface area contributed by atoms with Gasteiger partial charge in [-0.3, -0.25) is 0 Å². The van der Waals surface area contributed by atoms with E-state index in [9.17, 15) is 0 Å². The van der Waals surface area contributed by atoms with E-state index in [0.29, 0.717) is 16.9 Å². The smallest absolute Gasteiger partial charge is 0.129 e. The van der Waals surface area contributed by atoms with Crippen LogP contribution in [0.25, 0.3) is 0 Å². The van der Waals surface area contributed by atoms with Crippen molar-refractivity contribution in [3.8, 4) is 0 Å². The van der Waals surface area contributed by atoms with Crippen LogP contribution in [-0.4, -0.2) is 11.0 Å². The Hall–Kier alpha value is -0.570. The highest BCUT2D eigenvalue weighted by molar-refractivity contribution is 9.10. The molecule has 0 amide bonds. The molecule has 3 heteroatoms. The van der Waals surface area contributed by atoms with Crippen molar-refractivity contribution in [1.82, 2.24) is 4.98 Å². The van der Waals surface area contributed by atoms with E-state index < -0.39 is 0 Å². The first-order valence-corrected chi connectivity index (χ1v) is 7.44. The summed E-state index contributed by atoms with van der Waals surface area (Å²) in [5, 5.41) is 3.65. The molecule has 0 aliphatic heterocycles. The third kappa shape index (κ3) is 3.47. The van der Waals surface area contributed by atoms with E-state index in [1.54, 1.807) is 0 Å². The average Bonchev–Trinajstić information content (AvgIpc) is 2.16. The fourth-order valence-electron chi connectivity index (χ4n) is 3.66. The van der Waals surface area contributed by atoms with Crippen molar-refractivity contribution in [2.45, 2.75) is 53.0 Å². The zero-order chi connectivity index (χ0) is 13.4. The molecular formula is C15H23BrN2. The molecule has 2 rings (SSSR count). The summed E-state index contributed by atoms with van der Waals surface area (Å²) < 4.78 is 0.909. The average molecular weight is 311 g/mol. The summed E-state index contributed by atoms with van der Waals surface area (Å²) in [6.45, 7) is 9.50. The van der Waals surface area contributed by atoms with E-state index in [1.165, 1.54) is 19.3 Å². The van der Waals surface area contributed by atoms with Crippen molar-refractivity contribution >= 4 is 21.6 Å². The number of pyridine rings is 1. The Morgan fingerprint density at radius 1 is 1.22 bits per heavy atom. The van der Waals surface area contributed by atoms with Crippen LogP contribution in [0.2, 0.25) is 0 Å². The van der Waals surface area contributed by atoms with Gasteiger partial charge in [0, 0.05) is 12.2 Å². The lowest BCUT2D eigenvalue weighted by Crippen LogP contribution is -2.40. The fraction of sp³-hybridized carbons (Fsp3) is 0.667. The van der Waals surface area contributed by atoms with E-state index >= 15 is 0 Å². The molecule has 1 heterocycles.